The highest BCUT2D eigenvalue weighted by atomic mass is 19.4. The van der Waals surface area contributed by atoms with Gasteiger partial charge in [0.1, 0.15) is 17.4 Å². The Hall–Kier alpha value is -4.25. The second-order valence-corrected chi connectivity index (χ2v) is 11.1. The molecule has 7 nitrogen and oxygen atoms in total. The summed E-state index contributed by atoms with van der Waals surface area (Å²) in [6, 6.07) is 16.9. The number of hydrogen-bond acceptors (Lipinski definition) is 5. The maximum absolute atomic E-state index is 14.3. The van der Waals surface area contributed by atoms with Crippen molar-refractivity contribution >= 4 is 16.8 Å². The lowest BCUT2D eigenvalue weighted by Crippen LogP contribution is -2.38. The Labute approximate surface area is 252 Å². The number of aromatic nitrogens is 2. The van der Waals surface area contributed by atoms with Crippen molar-refractivity contribution < 1.29 is 27.1 Å². The minimum Gasteiger partial charge on any atom is -0.497 e. The molecule has 0 N–H and O–H groups in total. The third-order valence-corrected chi connectivity index (χ3v) is 8.23. The topological polar surface area (TPSA) is 67.7 Å². The Balaban J connectivity index is 1.44. The van der Waals surface area contributed by atoms with Crippen molar-refractivity contribution in [2.45, 2.75) is 44.3 Å². The van der Waals surface area contributed by atoms with Gasteiger partial charge in [0.25, 0.3) is 5.56 Å². The molecule has 1 aromatic heterocycles. The first-order valence-corrected chi connectivity index (χ1v) is 14.5. The van der Waals surface area contributed by atoms with E-state index in [1.54, 1.807) is 60.5 Å². The molecule has 1 saturated heterocycles. The van der Waals surface area contributed by atoms with E-state index in [1.165, 1.54) is 4.57 Å². The van der Waals surface area contributed by atoms with Crippen LogP contribution in [-0.4, -0.2) is 65.1 Å². The van der Waals surface area contributed by atoms with Crippen LogP contribution in [-0.2, 0) is 23.8 Å². The largest absolute Gasteiger partial charge is 0.497 e. The highest BCUT2D eigenvalue weighted by molar-refractivity contribution is 5.79. The molecule has 11 heteroatoms. The van der Waals surface area contributed by atoms with Gasteiger partial charge in [-0.25, -0.2) is 9.37 Å². The fraction of sp³-hybridized carbons (Fsp3) is 0.364. The van der Waals surface area contributed by atoms with E-state index in [4.69, 9.17) is 9.72 Å². The number of methoxy groups -OCH3 is 1. The van der Waals surface area contributed by atoms with Crippen molar-refractivity contribution in [3.05, 3.63) is 99.9 Å². The minimum absolute atomic E-state index is 0.155. The molecule has 1 amide bonds. The van der Waals surface area contributed by atoms with Crippen LogP contribution < -0.4 is 10.3 Å². The normalized spacial score (nSPS) is 15.5. The minimum atomic E-state index is -4.82. The highest BCUT2D eigenvalue weighted by Crippen LogP contribution is 2.31. The predicted molar refractivity (Wildman–Crippen MR) is 160 cm³/mol. The molecule has 4 aromatic rings. The van der Waals surface area contributed by atoms with Gasteiger partial charge < -0.3 is 14.5 Å². The van der Waals surface area contributed by atoms with Gasteiger partial charge in [0.2, 0.25) is 5.91 Å². The standard InChI is InChI=1S/C33H34F4N4O3/c1-39-17-5-6-23(39)15-18-40(31(42)21-22-9-14-27(28(34)20-22)33(35,36)37)19-16-30-38-29-8-4-3-7-26(29)32(43)41(30)24-10-12-25(44-2)13-11-24/h3-4,7-14,20,23H,5-6,15-19,21H2,1-2H3. The van der Waals surface area contributed by atoms with Crippen LogP contribution in [0.15, 0.2) is 71.5 Å². The number of rotatable bonds is 10. The molecule has 2 heterocycles. The zero-order chi connectivity index (χ0) is 31.4. The van der Waals surface area contributed by atoms with E-state index in [0.29, 0.717) is 53.2 Å². The molecule has 1 unspecified atom stereocenters. The summed E-state index contributed by atoms with van der Waals surface area (Å²) in [5.74, 6) is -0.671. The van der Waals surface area contributed by atoms with Gasteiger partial charge in [-0.05, 0) is 86.9 Å². The molecule has 0 aliphatic carbocycles. The van der Waals surface area contributed by atoms with E-state index >= 15 is 0 Å². The number of hydrogen-bond donors (Lipinski definition) is 0. The Bertz CT molecular complexity index is 1690. The molecule has 1 aliphatic heterocycles. The van der Waals surface area contributed by atoms with Gasteiger partial charge in [-0.15, -0.1) is 0 Å². The van der Waals surface area contributed by atoms with Crippen LogP contribution in [0, 0.1) is 5.82 Å². The van der Waals surface area contributed by atoms with Gasteiger partial charge in [0.05, 0.1) is 35.7 Å². The Kier molecular flexibility index (Phi) is 9.33. The van der Waals surface area contributed by atoms with E-state index in [1.807, 2.05) is 7.05 Å². The summed E-state index contributed by atoms with van der Waals surface area (Å²) in [4.78, 5) is 35.9. The number of para-hydroxylation sites is 1. The number of carbonyl (C=O) groups is 1. The van der Waals surface area contributed by atoms with Gasteiger partial charge in [-0.3, -0.25) is 14.2 Å². The molecular weight excluding hydrogens is 576 g/mol. The number of halogens is 4. The van der Waals surface area contributed by atoms with Crippen LogP contribution in [0.5, 0.6) is 5.75 Å². The monoisotopic (exact) mass is 610 g/mol. The van der Waals surface area contributed by atoms with Crippen LogP contribution in [0.1, 0.15) is 36.2 Å². The second-order valence-electron chi connectivity index (χ2n) is 11.1. The van der Waals surface area contributed by atoms with Crippen molar-refractivity contribution in [2.24, 2.45) is 0 Å². The van der Waals surface area contributed by atoms with Gasteiger partial charge in [0.15, 0.2) is 0 Å². The van der Waals surface area contributed by atoms with Gasteiger partial charge in [-0.2, -0.15) is 13.2 Å². The second kappa shape index (κ2) is 13.2. The molecule has 1 fully saturated rings. The maximum Gasteiger partial charge on any atom is 0.419 e. The summed E-state index contributed by atoms with van der Waals surface area (Å²) < 4.78 is 60.3. The lowest BCUT2D eigenvalue weighted by molar-refractivity contribution is -0.140. The summed E-state index contributed by atoms with van der Waals surface area (Å²) in [6.45, 7) is 1.58. The summed E-state index contributed by atoms with van der Waals surface area (Å²) in [6.07, 6.45) is -2.06. The quantitative estimate of drug-likeness (QED) is 0.217. The summed E-state index contributed by atoms with van der Waals surface area (Å²) in [5.41, 5.74) is -0.338. The Morgan fingerprint density at radius 1 is 1.07 bits per heavy atom. The molecule has 0 bridgehead atoms. The first-order chi connectivity index (χ1) is 21.0. The average molecular weight is 611 g/mol. The molecule has 1 aliphatic rings. The molecule has 232 valence electrons. The summed E-state index contributed by atoms with van der Waals surface area (Å²) in [7, 11) is 3.60. The van der Waals surface area contributed by atoms with Crippen molar-refractivity contribution in [2.75, 3.05) is 33.8 Å². The Morgan fingerprint density at radius 2 is 1.82 bits per heavy atom. The number of alkyl halides is 3. The predicted octanol–water partition coefficient (Wildman–Crippen LogP) is 5.65. The molecule has 5 rings (SSSR count). The molecule has 0 saturated carbocycles. The number of carbonyl (C=O) groups excluding carboxylic acids is 1. The van der Waals surface area contributed by atoms with Gasteiger partial charge in [-0.1, -0.05) is 18.2 Å². The number of ether oxygens (including phenoxy) is 1. The zero-order valence-corrected chi connectivity index (χ0v) is 24.6. The summed E-state index contributed by atoms with van der Waals surface area (Å²) >= 11 is 0. The first kappa shape index (κ1) is 31.2. The van der Waals surface area contributed by atoms with Crippen molar-refractivity contribution in [1.29, 1.82) is 0 Å². The molecule has 3 aromatic carbocycles. The van der Waals surface area contributed by atoms with Crippen LogP contribution >= 0.6 is 0 Å². The lowest BCUT2D eigenvalue weighted by atomic mass is 10.1. The third-order valence-electron chi connectivity index (χ3n) is 8.23. The SMILES string of the molecule is COc1ccc(-n2c(CCN(CCC3CCCN3C)C(=O)Cc3ccc(C(F)(F)F)c(F)c3)nc3ccccc3c2=O)cc1. The van der Waals surface area contributed by atoms with E-state index in [-0.39, 0.29) is 36.4 Å². The van der Waals surface area contributed by atoms with E-state index in [0.717, 1.165) is 31.5 Å². The van der Waals surface area contributed by atoms with Gasteiger partial charge in [0, 0.05) is 25.6 Å². The first-order valence-electron chi connectivity index (χ1n) is 14.5. The van der Waals surface area contributed by atoms with E-state index < -0.39 is 17.6 Å². The Morgan fingerprint density at radius 3 is 2.48 bits per heavy atom. The summed E-state index contributed by atoms with van der Waals surface area (Å²) in [5, 5.41) is 0.452. The van der Waals surface area contributed by atoms with Crippen LogP contribution in [0.2, 0.25) is 0 Å². The highest BCUT2D eigenvalue weighted by Gasteiger charge is 2.34. The molecule has 0 radical (unpaired) electrons. The number of benzene rings is 3. The zero-order valence-electron chi connectivity index (χ0n) is 24.6. The average Bonchev–Trinajstić information content (AvgIpc) is 3.41. The number of fused-ring (bicyclic) bond motifs is 1. The third kappa shape index (κ3) is 6.93. The smallest absolute Gasteiger partial charge is 0.419 e. The number of amides is 1. The fourth-order valence-electron chi connectivity index (χ4n) is 5.77. The van der Waals surface area contributed by atoms with Gasteiger partial charge >= 0.3 is 6.18 Å². The van der Waals surface area contributed by atoms with Crippen LogP contribution in [0.4, 0.5) is 17.6 Å². The van der Waals surface area contributed by atoms with E-state index in [2.05, 4.69) is 4.90 Å². The van der Waals surface area contributed by atoms with Crippen molar-refractivity contribution in [3.8, 4) is 11.4 Å². The van der Waals surface area contributed by atoms with Crippen LogP contribution in [0.3, 0.4) is 0 Å². The number of nitrogens with zero attached hydrogens (tertiary/aromatic N) is 4. The maximum atomic E-state index is 14.3. The molecule has 1 atom stereocenters. The van der Waals surface area contributed by atoms with Crippen molar-refractivity contribution in [3.63, 3.8) is 0 Å². The van der Waals surface area contributed by atoms with E-state index in [9.17, 15) is 27.2 Å². The van der Waals surface area contributed by atoms with Crippen LogP contribution in [0.25, 0.3) is 16.6 Å². The van der Waals surface area contributed by atoms with Crippen molar-refractivity contribution in [1.82, 2.24) is 19.4 Å². The molecule has 44 heavy (non-hydrogen) atoms. The molecular formula is C33H34F4N4O3. The lowest BCUT2D eigenvalue weighted by Gasteiger charge is -2.27. The number of likely N-dealkylation sites (tertiary alicyclic amines) is 1. The fourth-order valence-corrected chi connectivity index (χ4v) is 5.77. The molecule has 0 spiro atoms.